The topological polar surface area (TPSA) is 50.2 Å². The summed E-state index contributed by atoms with van der Waals surface area (Å²) in [6.07, 6.45) is 1.56. The number of hydrogen-bond donors (Lipinski definition) is 1. The van der Waals surface area contributed by atoms with Crippen LogP contribution in [0.4, 0.5) is 4.39 Å². The Balaban J connectivity index is 2.48. The number of benzene rings is 1. The summed E-state index contributed by atoms with van der Waals surface area (Å²) in [5, 5.41) is 8.69. The zero-order valence-corrected chi connectivity index (χ0v) is 8.22. The lowest BCUT2D eigenvalue weighted by Crippen LogP contribution is -1.98. The molecule has 0 unspecified atom stereocenters. The van der Waals surface area contributed by atoms with E-state index in [-0.39, 0.29) is 5.56 Å². The maximum absolute atomic E-state index is 13.6. The third kappa shape index (κ3) is 1.91. The number of carbonyl (C=O) groups is 1. The van der Waals surface area contributed by atoms with Gasteiger partial charge in [0.05, 0.1) is 11.3 Å². The summed E-state index contributed by atoms with van der Waals surface area (Å²) in [6, 6.07) is 8.90. The van der Waals surface area contributed by atoms with Crippen molar-refractivity contribution in [3.8, 4) is 11.3 Å². The first-order chi connectivity index (χ1) is 7.68. The summed E-state index contributed by atoms with van der Waals surface area (Å²) in [7, 11) is 0. The number of aromatic carboxylic acids is 1. The summed E-state index contributed by atoms with van der Waals surface area (Å²) in [4.78, 5) is 14.6. The summed E-state index contributed by atoms with van der Waals surface area (Å²) < 4.78 is 13.6. The highest BCUT2D eigenvalue weighted by Gasteiger charge is 2.09. The van der Waals surface area contributed by atoms with Gasteiger partial charge in [0.1, 0.15) is 5.82 Å². The minimum atomic E-state index is -1.15. The van der Waals surface area contributed by atoms with E-state index < -0.39 is 11.8 Å². The maximum Gasteiger partial charge on any atom is 0.335 e. The molecule has 1 N–H and O–H groups in total. The molecule has 1 aromatic heterocycles. The van der Waals surface area contributed by atoms with Crippen molar-refractivity contribution in [2.45, 2.75) is 0 Å². The van der Waals surface area contributed by atoms with E-state index in [9.17, 15) is 9.18 Å². The predicted octanol–water partition coefficient (Wildman–Crippen LogP) is 2.59. The van der Waals surface area contributed by atoms with Crippen LogP contribution >= 0.6 is 0 Å². The van der Waals surface area contributed by atoms with E-state index in [0.29, 0.717) is 11.3 Å². The van der Waals surface area contributed by atoms with Gasteiger partial charge in [0.25, 0.3) is 0 Å². The van der Waals surface area contributed by atoms with Crippen LogP contribution in [0.5, 0.6) is 0 Å². The lowest BCUT2D eigenvalue weighted by atomic mass is 10.1. The second-order valence-electron chi connectivity index (χ2n) is 3.21. The number of pyridine rings is 1. The number of carboxylic acids is 1. The molecule has 0 bridgehead atoms. The Morgan fingerprint density at radius 1 is 1.25 bits per heavy atom. The molecule has 0 saturated heterocycles. The van der Waals surface area contributed by atoms with Gasteiger partial charge in [-0.15, -0.1) is 0 Å². The quantitative estimate of drug-likeness (QED) is 0.841. The molecule has 0 amide bonds. The van der Waals surface area contributed by atoms with Crippen molar-refractivity contribution in [1.82, 2.24) is 4.98 Å². The van der Waals surface area contributed by atoms with Gasteiger partial charge in [0.15, 0.2) is 0 Å². The number of carboxylic acid groups (broad SMARTS) is 1. The van der Waals surface area contributed by atoms with Gasteiger partial charge in [-0.2, -0.15) is 0 Å². The molecule has 0 atom stereocenters. The molecule has 1 heterocycles. The number of rotatable bonds is 2. The standard InChI is InChI=1S/C12H8FNO2/c13-10-7-8(12(15)16)4-5-9(10)11-3-1-2-6-14-11/h1-7H,(H,15,16). The Morgan fingerprint density at radius 3 is 2.62 bits per heavy atom. The summed E-state index contributed by atoms with van der Waals surface area (Å²) in [6.45, 7) is 0. The van der Waals surface area contributed by atoms with E-state index >= 15 is 0 Å². The van der Waals surface area contributed by atoms with Gasteiger partial charge in [-0.1, -0.05) is 6.07 Å². The SMILES string of the molecule is O=C(O)c1ccc(-c2ccccn2)c(F)c1. The average molecular weight is 217 g/mol. The average Bonchev–Trinajstić information content (AvgIpc) is 2.30. The lowest BCUT2D eigenvalue weighted by molar-refractivity contribution is 0.0696. The highest BCUT2D eigenvalue weighted by Crippen LogP contribution is 2.21. The maximum atomic E-state index is 13.6. The van der Waals surface area contributed by atoms with Crippen LogP contribution in [0.25, 0.3) is 11.3 Å². The van der Waals surface area contributed by atoms with Crippen molar-refractivity contribution in [2.75, 3.05) is 0 Å². The molecule has 2 aromatic rings. The minimum absolute atomic E-state index is 0.0721. The first kappa shape index (κ1) is 10.3. The molecule has 0 saturated carbocycles. The first-order valence-corrected chi connectivity index (χ1v) is 4.63. The van der Waals surface area contributed by atoms with Crippen molar-refractivity contribution in [3.05, 3.63) is 54.0 Å². The van der Waals surface area contributed by atoms with E-state index in [2.05, 4.69) is 4.98 Å². The largest absolute Gasteiger partial charge is 0.478 e. The molecule has 0 aliphatic rings. The van der Waals surface area contributed by atoms with Crippen LogP contribution in [-0.2, 0) is 0 Å². The molecular formula is C12H8FNO2. The second kappa shape index (κ2) is 4.10. The van der Waals surface area contributed by atoms with Crippen LogP contribution in [0.1, 0.15) is 10.4 Å². The monoisotopic (exact) mass is 217 g/mol. The molecule has 0 spiro atoms. The molecule has 3 nitrogen and oxygen atoms in total. The fourth-order valence-corrected chi connectivity index (χ4v) is 1.38. The van der Waals surface area contributed by atoms with Gasteiger partial charge in [0, 0.05) is 11.8 Å². The molecule has 80 valence electrons. The highest BCUT2D eigenvalue weighted by molar-refractivity contribution is 5.88. The third-order valence-corrected chi connectivity index (χ3v) is 2.16. The zero-order valence-electron chi connectivity index (χ0n) is 8.22. The molecule has 4 heteroatoms. The molecule has 16 heavy (non-hydrogen) atoms. The van der Waals surface area contributed by atoms with Gasteiger partial charge in [-0.3, -0.25) is 4.98 Å². The fourth-order valence-electron chi connectivity index (χ4n) is 1.38. The minimum Gasteiger partial charge on any atom is -0.478 e. The van der Waals surface area contributed by atoms with E-state index in [4.69, 9.17) is 5.11 Å². The van der Waals surface area contributed by atoms with Crippen LogP contribution in [0.15, 0.2) is 42.6 Å². The first-order valence-electron chi connectivity index (χ1n) is 4.63. The summed E-state index contributed by atoms with van der Waals surface area (Å²) in [5.41, 5.74) is 0.708. The molecule has 2 rings (SSSR count). The van der Waals surface area contributed by atoms with Crippen molar-refractivity contribution in [2.24, 2.45) is 0 Å². The Morgan fingerprint density at radius 2 is 2.06 bits per heavy atom. The van der Waals surface area contributed by atoms with Crippen molar-refractivity contribution in [1.29, 1.82) is 0 Å². The van der Waals surface area contributed by atoms with Crippen LogP contribution in [0.2, 0.25) is 0 Å². The Kier molecular flexibility index (Phi) is 2.64. The molecule has 0 aliphatic heterocycles. The van der Waals surface area contributed by atoms with Crippen LogP contribution in [0, 0.1) is 5.82 Å². The van der Waals surface area contributed by atoms with Crippen LogP contribution in [0.3, 0.4) is 0 Å². The van der Waals surface area contributed by atoms with Gasteiger partial charge >= 0.3 is 5.97 Å². The van der Waals surface area contributed by atoms with E-state index in [0.717, 1.165) is 6.07 Å². The number of halogens is 1. The van der Waals surface area contributed by atoms with Crippen molar-refractivity contribution in [3.63, 3.8) is 0 Å². The summed E-state index contributed by atoms with van der Waals surface area (Å²) in [5.74, 6) is -1.73. The normalized spacial score (nSPS) is 10.1. The molecule has 0 aliphatic carbocycles. The third-order valence-electron chi connectivity index (χ3n) is 2.16. The van der Waals surface area contributed by atoms with Gasteiger partial charge in [0.2, 0.25) is 0 Å². The summed E-state index contributed by atoms with van der Waals surface area (Å²) >= 11 is 0. The smallest absolute Gasteiger partial charge is 0.335 e. The fraction of sp³-hybridized carbons (Fsp3) is 0. The van der Waals surface area contributed by atoms with E-state index in [1.165, 1.54) is 12.1 Å². The van der Waals surface area contributed by atoms with E-state index in [1.54, 1.807) is 24.4 Å². The van der Waals surface area contributed by atoms with Crippen molar-refractivity contribution < 1.29 is 14.3 Å². The molecule has 1 aromatic carbocycles. The Labute approximate surface area is 91.2 Å². The second-order valence-corrected chi connectivity index (χ2v) is 3.21. The van der Waals surface area contributed by atoms with Gasteiger partial charge < -0.3 is 5.11 Å². The molecular weight excluding hydrogens is 209 g/mol. The number of aromatic nitrogens is 1. The van der Waals surface area contributed by atoms with Crippen molar-refractivity contribution >= 4 is 5.97 Å². The Hall–Kier alpha value is -2.23. The Bertz CT molecular complexity index is 526. The van der Waals surface area contributed by atoms with Gasteiger partial charge in [-0.25, -0.2) is 9.18 Å². The van der Waals surface area contributed by atoms with Crippen LogP contribution < -0.4 is 0 Å². The highest BCUT2D eigenvalue weighted by atomic mass is 19.1. The number of nitrogens with zero attached hydrogens (tertiary/aromatic N) is 1. The number of hydrogen-bond acceptors (Lipinski definition) is 2. The van der Waals surface area contributed by atoms with E-state index in [1.807, 2.05) is 0 Å². The lowest BCUT2D eigenvalue weighted by Gasteiger charge is -2.03. The van der Waals surface area contributed by atoms with Crippen LogP contribution in [-0.4, -0.2) is 16.1 Å². The molecule has 0 radical (unpaired) electrons. The predicted molar refractivity (Wildman–Crippen MR) is 56.6 cm³/mol. The van der Waals surface area contributed by atoms with Gasteiger partial charge in [-0.05, 0) is 30.3 Å². The zero-order chi connectivity index (χ0) is 11.5. The molecule has 0 fully saturated rings.